The fourth-order valence-electron chi connectivity index (χ4n) is 3.40. The first-order chi connectivity index (χ1) is 10.1. The topological polar surface area (TPSA) is 41.1 Å². The van der Waals surface area contributed by atoms with Crippen molar-refractivity contribution in [2.24, 2.45) is 0 Å². The van der Waals surface area contributed by atoms with Crippen molar-refractivity contribution in [2.75, 3.05) is 13.1 Å². The lowest BCUT2D eigenvalue weighted by Crippen LogP contribution is -2.47. The molecule has 116 valence electrons. The summed E-state index contributed by atoms with van der Waals surface area (Å²) in [5, 5.41) is 6.50. The number of aryl methyl sites for hydroxylation is 1. The Morgan fingerprint density at radius 2 is 2.05 bits per heavy atom. The fraction of sp³-hybridized carbons (Fsp3) is 0.611. The molecule has 1 aromatic carbocycles. The molecular formula is C18H28N2O. The van der Waals surface area contributed by atoms with Gasteiger partial charge in [0.2, 0.25) is 5.91 Å². The standard InChI is InChI=1S/C18H28N2O/c1-4-19-15(3)13-20-17(21)18(10-5-6-11-18)16-9-7-8-14(2)12-16/h7-9,12,15,19H,4-6,10-11,13H2,1-3H3,(H,20,21)/t15-/m1/s1. The van der Waals surface area contributed by atoms with E-state index in [4.69, 9.17) is 0 Å². The molecule has 0 aliphatic heterocycles. The van der Waals surface area contributed by atoms with Crippen LogP contribution in [0.3, 0.4) is 0 Å². The summed E-state index contributed by atoms with van der Waals surface area (Å²) in [5.41, 5.74) is 2.11. The summed E-state index contributed by atoms with van der Waals surface area (Å²) < 4.78 is 0. The van der Waals surface area contributed by atoms with Crippen LogP contribution in [0.15, 0.2) is 24.3 Å². The predicted octanol–water partition coefficient (Wildman–Crippen LogP) is 2.92. The summed E-state index contributed by atoms with van der Waals surface area (Å²) in [6.07, 6.45) is 4.23. The highest BCUT2D eigenvalue weighted by molar-refractivity contribution is 5.88. The summed E-state index contributed by atoms with van der Waals surface area (Å²) in [7, 11) is 0. The van der Waals surface area contributed by atoms with Crippen LogP contribution in [0.1, 0.15) is 50.7 Å². The van der Waals surface area contributed by atoms with Gasteiger partial charge in [0.25, 0.3) is 0 Å². The van der Waals surface area contributed by atoms with E-state index in [1.54, 1.807) is 0 Å². The molecule has 21 heavy (non-hydrogen) atoms. The van der Waals surface area contributed by atoms with Crippen molar-refractivity contribution in [3.8, 4) is 0 Å². The number of carbonyl (C=O) groups excluding carboxylic acids is 1. The van der Waals surface area contributed by atoms with Gasteiger partial charge in [-0.05, 0) is 38.8 Å². The van der Waals surface area contributed by atoms with Crippen molar-refractivity contribution in [2.45, 2.75) is 57.9 Å². The molecule has 0 aromatic heterocycles. The molecule has 3 nitrogen and oxygen atoms in total. The zero-order valence-electron chi connectivity index (χ0n) is 13.5. The minimum atomic E-state index is -0.308. The Morgan fingerprint density at radius 3 is 2.67 bits per heavy atom. The Bertz CT molecular complexity index is 478. The van der Waals surface area contributed by atoms with E-state index in [0.29, 0.717) is 12.6 Å². The van der Waals surface area contributed by atoms with Gasteiger partial charge in [-0.15, -0.1) is 0 Å². The predicted molar refractivity (Wildman–Crippen MR) is 87.5 cm³/mol. The summed E-state index contributed by atoms with van der Waals surface area (Å²) in [4.78, 5) is 12.8. The minimum Gasteiger partial charge on any atom is -0.354 e. The average molecular weight is 288 g/mol. The summed E-state index contributed by atoms with van der Waals surface area (Å²) in [5.74, 6) is 0.204. The van der Waals surface area contributed by atoms with Crippen molar-refractivity contribution in [1.29, 1.82) is 0 Å². The molecule has 1 aromatic rings. The van der Waals surface area contributed by atoms with Crippen molar-refractivity contribution in [3.05, 3.63) is 35.4 Å². The highest BCUT2D eigenvalue weighted by atomic mass is 16.2. The van der Waals surface area contributed by atoms with E-state index < -0.39 is 0 Å². The van der Waals surface area contributed by atoms with E-state index >= 15 is 0 Å². The van der Waals surface area contributed by atoms with Gasteiger partial charge in [0.1, 0.15) is 0 Å². The molecule has 1 aliphatic carbocycles. The summed E-state index contributed by atoms with van der Waals surface area (Å²) >= 11 is 0. The maximum atomic E-state index is 12.8. The van der Waals surface area contributed by atoms with Crippen LogP contribution in [0.5, 0.6) is 0 Å². The van der Waals surface area contributed by atoms with Gasteiger partial charge in [0.05, 0.1) is 5.41 Å². The molecule has 0 bridgehead atoms. The quantitative estimate of drug-likeness (QED) is 0.845. The van der Waals surface area contributed by atoms with E-state index in [1.165, 1.54) is 11.1 Å². The Kier molecular flexibility index (Phi) is 5.40. The molecule has 0 radical (unpaired) electrons. The molecule has 0 spiro atoms. The molecule has 2 N–H and O–H groups in total. The number of hydrogen-bond acceptors (Lipinski definition) is 2. The number of nitrogens with one attached hydrogen (secondary N) is 2. The lowest BCUT2D eigenvalue weighted by Gasteiger charge is -2.29. The van der Waals surface area contributed by atoms with Gasteiger partial charge in [-0.25, -0.2) is 0 Å². The Labute approximate surface area is 128 Å². The van der Waals surface area contributed by atoms with E-state index in [-0.39, 0.29) is 11.3 Å². The van der Waals surface area contributed by atoms with Crippen molar-refractivity contribution in [3.63, 3.8) is 0 Å². The Hall–Kier alpha value is -1.35. The second kappa shape index (κ2) is 7.08. The van der Waals surface area contributed by atoms with Crippen LogP contribution in [0.25, 0.3) is 0 Å². The smallest absolute Gasteiger partial charge is 0.230 e. The van der Waals surface area contributed by atoms with Crippen LogP contribution in [0, 0.1) is 6.92 Å². The molecule has 0 saturated heterocycles. The zero-order valence-corrected chi connectivity index (χ0v) is 13.5. The van der Waals surface area contributed by atoms with Crippen LogP contribution in [-0.2, 0) is 10.2 Å². The van der Waals surface area contributed by atoms with Crippen molar-refractivity contribution >= 4 is 5.91 Å². The first-order valence-electron chi connectivity index (χ1n) is 8.17. The first kappa shape index (κ1) is 16.0. The van der Waals surface area contributed by atoms with Gasteiger partial charge in [0, 0.05) is 12.6 Å². The second-order valence-corrected chi connectivity index (χ2v) is 6.33. The molecule has 1 aliphatic rings. The van der Waals surface area contributed by atoms with E-state index in [0.717, 1.165) is 32.2 Å². The Balaban J connectivity index is 2.13. The summed E-state index contributed by atoms with van der Waals surface area (Å²) in [6, 6.07) is 8.77. The minimum absolute atomic E-state index is 0.204. The molecule has 0 heterocycles. The summed E-state index contributed by atoms with van der Waals surface area (Å²) in [6.45, 7) is 7.92. The van der Waals surface area contributed by atoms with Crippen molar-refractivity contribution < 1.29 is 4.79 Å². The van der Waals surface area contributed by atoms with E-state index in [2.05, 4.69) is 55.7 Å². The average Bonchev–Trinajstić information content (AvgIpc) is 2.96. The van der Waals surface area contributed by atoms with Gasteiger partial charge in [0.15, 0.2) is 0 Å². The fourth-order valence-corrected chi connectivity index (χ4v) is 3.40. The van der Waals surface area contributed by atoms with Crippen molar-refractivity contribution in [1.82, 2.24) is 10.6 Å². The third kappa shape index (κ3) is 3.65. The van der Waals surface area contributed by atoms with E-state index in [9.17, 15) is 4.79 Å². The van der Waals surface area contributed by atoms with Gasteiger partial charge < -0.3 is 10.6 Å². The maximum Gasteiger partial charge on any atom is 0.230 e. The van der Waals surface area contributed by atoms with Crippen LogP contribution < -0.4 is 10.6 Å². The largest absolute Gasteiger partial charge is 0.354 e. The molecule has 1 saturated carbocycles. The molecule has 3 heteroatoms. The molecule has 2 rings (SSSR count). The van der Waals surface area contributed by atoms with Crippen LogP contribution in [0.4, 0.5) is 0 Å². The normalized spacial score (nSPS) is 18.4. The number of likely N-dealkylation sites (N-methyl/N-ethyl adjacent to an activating group) is 1. The second-order valence-electron chi connectivity index (χ2n) is 6.33. The third-order valence-corrected chi connectivity index (χ3v) is 4.58. The Morgan fingerprint density at radius 1 is 1.33 bits per heavy atom. The SMILES string of the molecule is CCN[C@H](C)CNC(=O)C1(c2cccc(C)c2)CCCC1. The molecular weight excluding hydrogens is 260 g/mol. The van der Waals surface area contributed by atoms with Crippen LogP contribution in [-0.4, -0.2) is 25.0 Å². The van der Waals surface area contributed by atoms with Gasteiger partial charge in [-0.3, -0.25) is 4.79 Å². The number of hydrogen-bond donors (Lipinski definition) is 2. The molecule has 1 atom stereocenters. The van der Waals surface area contributed by atoms with Gasteiger partial charge in [-0.2, -0.15) is 0 Å². The van der Waals surface area contributed by atoms with Crippen LogP contribution in [0.2, 0.25) is 0 Å². The molecule has 0 unspecified atom stereocenters. The highest BCUT2D eigenvalue weighted by Crippen LogP contribution is 2.41. The van der Waals surface area contributed by atoms with E-state index in [1.807, 2.05) is 0 Å². The zero-order chi connectivity index (χ0) is 15.3. The first-order valence-corrected chi connectivity index (χ1v) is 8.17. The maximum absolute atomic E-state index is 12.8. The van der Waals surface area contributed by atoms with Gasteiger partial charge in [-0.1, -0.05) is 49.6 Å². The molecule has 1 fully saturated rings. The lowest BCUT2D eigenvalue weighted by atomic mass is 9.77. The number of amides is 1. The number of rotatable bonds is 6. The monoisotopic (exact) mass is 288 g/mol. The van der Waals surface area contributed by atoms with Crippen LogP contribution >= 0.6 is 0 Å². The number of benzene rings is 1. The molecule has 1 amide bonds. The lowest BCUT2D eigenvalue weighted by molar-refractivity contribution is -0.126. The van der Waals surface area contributed by atoms with Gasteiger partial charge >= 0.3 is 0 Å². The highest BCUT2D eigenvalue weighted by Gasteiger charge is 2.42. The number of carbonyl (C=O) groups is 1. The third-order valence-electron chi connectivity index (χ3n) is 4.58.